The van der Waals surface area contributed by atoms with Gasteiger partial charge in [0.1, 0.15) is 5.76 Å². The molecule has 0 atom stereocenters. The van der Waals surface area contributed by atoms with Gasteiger partial charge in [0, 0.05) is 44.2 Å². The van der Waals surface area contributed by atoms with E-state index in [-0.39, 0.29) is 0 Å². The third-order valence-electron chi connectivity index (χ3n) is 3.23. The molecular weight excluding hydrogens is 190 g/mol. The minimum absolute atomic E-state index is 0.672. The number of nitrogens with zero attached hydrogens (tertiary/aromatic N) is 2. The molecule has 1 aliphatic carbocycles. The van der Waals surface area contributed by atoms with E-state index in [0.29, 0.717) is 5.92 Å². The molecule has 1 aromatic rings. The lowest BCUT2D eigenvalue weighted by molar-refractivity contribution is 0.231. The Balaban J connectivity index is 1.67. The van der Waals surface area contributed by atoms with Crippen LogP contribution in [-0.2, 0) is 6.54 Å². The summed E-state index contributed by atoms with van der Waals surface area (Å²) in [5, 5.41) is 7.29. The van der Waals surface area contributed by atoms with Crippen molar-refractivity contribution < 1.29 is 4.52 Å². The van der Waals surface area contributed by atoms with Gasteiger partial charge in [-0.15, -0.1) is 0 Å². The molecule has 0 unspecified atom stereocenters. The fourth-order valence-electron chi connectivity index (χ4n) is 2.18. The molecule has 1 aliphatic heterocycles. The molecule has 1 N–H and O–H groups in total. The van der Waals surface area contributed by atoms with Gasteiger partial charge in [-0.3, -0.25) is 4.90 Å². The first-order valence-electron chi connectivity index (χ1n) is 5.80. The van der Waals surface area contributed by atoms with Gasteiger partial charge < -0.3 is 9.84 Å². The molecule has 2 aliphatic rings. The lowest BCUT2D eigenvalue weighted by Crippen LogP contribution is -2.42. The summed E-state index contributed by atoms with van der Waals surface area (Å²) in [5.41, 5.74) is 1.31. The Hall–Kier alpha value is -0.870. The average molecular weight is 207 g/mol. The fraction of sp³-hybridized carbons (Fsp3) is 0.727. The van der Waals surface area contributed by atoms with Crippen LogP contribution in [0.4, 0.5) is 0 Å². The van der Waals surface area contributed by atoms with Gasteiger partial charge in [0.25, 0.3) is 0 Å². The van der Waals surface area contributed by atoms with E-state index in [2.05, 4.69) is 15.4 Å². The highest BCUT2D eigenvalue weighted by Crippen LogP contribution is 2.41. The molecule has 1 saturated heterocycles. The van der Waals surface area contributed by atoms with Gasteiger partial charge in [-0.25, -0.2) is 0 Å². The van der Waals surface area contributed by atoms with Crippen LogP contribution in [0.1, 0.15) is 30.1 Å². The number of piperazine rings is 1. The summed E-state index contributed by atoms with van der Waals surface area (Å²) in [4.78, 5) is 2.47. The third kappa shape index (κ3) is 2.06. The van der Waals surface area contributed by atoms with Gasteiger partial charge >= 0.3 is 0 Å². The molecule has 15 heavy (non-hydrogen) atoms. The number of rotatable bonds is 3. The van der Waals surface area contributed by atoms with Crippen LogP contribution < -0.4 is 5.32 Å². The Bertz CT molecular complexity index is 326. The lowest BCUT2D eigenvalue weighted by Gasteiger charge is -2.26. The van der Waals surface area contributed by atoms with Gasteiger partial charge in [-0.1, -0.05) is 5.16 Å². The first-order valence-corrected chi connectivity index (χ1v) is 5.80. The highest BCUT2D eigenvalue weighted by molar-refractivity contribution is 5.21. The minimum Gasteiger partial charge on any atom is -0.361 e. The maximum absolute atomic E-state index is 5.34. The number of hydrogen-bond donors (Lipinski definition) is 1. The van der Waals surface area contributed by atoms with Crippen molar-refractivity contribution in [2.75, 3.05) is 26.2 Å². The van der Waals surface area contributed by atoms with Gasteiger partial charge in [-0.05, 0) is 12.8 Å². The van der Waals surface area contributed by atoms with Crippen LogP contribution in [0.2, 0.25) is 0 Å². The maximum Gasteiger partial charge on any atom is 0.144 e. The third-order valence-corrected chi connectivity index (χ3v) is 3.23. The summed E-state index contributed by atoms with van der Waals surface area (Å²) in [7, 11) is 0. The second-order valence-electron chi connectivity index (χ2n) is 4.52. The second kappa shape index (κ2) is 3.94. The van der Waals surface area contributed by atoms with Crippen molar-refractivity contribution in [2.45, 2.75) is 25.3 Å². The predicted octanol–water partition coefficient (Wildman–Crippen LogP) is 0.957. The quantitative estimate of drug-likeness (QED) is 0.801. The van der Waals surface area contributed by atoms with Crippen molar-refractivity contribution in [1.82, 2.24) is 15.4 Å². The smallest absolute Gasteiger partial charge is 0.144 e. The van der Waals surface area contributed by atoms with Crippen molar-refractivity contribution in [1.29, 1.82) is 0 Å². The summed E-state index contributed by atoms with van der Waals surface area (Å²) in [6.07, 6.45) is 4.46. The molecule has 0 spiro atoms. The van der Waals surface area contributed by atoms with E-state index in [1.807, 2.05) is 6.20 Å². The minimum atomic E-state index is 0.672. The molecule has 3 rings (SSSR count). The van der Waals surface area contributed by atoms with Crippen molar-refractivity contribution in [2.24, 2.45) is 0 Å². The summed E-state index contributed by atoms with van der Waals surface area (Å²) in [5.74, 6) is 1.82. The van der Waals surface area contributed by atoms with E-state index >= 15 is 0 Å². The van der Waals surface area contributed by atoms with Crippen LogP contribution in [0.15, 0.2) is 10.7 Å². The fourth-order valence-corrected chi connectivity index (χ4v) is 2.18. The maximum atomic E-state index is 5.34. The van der Waals surface area contributed by atoms with E-state index < -0.39 is 0 Å². The molecule has 2 heterocycles. The molecule has 2 fully saturated rings. The van der Waals surface area contributed by atoms with Gasteiger partial charge in [0.2, 0.25) is 0 Å². The number of aromatic nitrogens is 1. The highest BCUT2D eigenvalue weighted by atomic mass is 16.5. The van der Waals surface area contributed by atoms with E-state index in [9.17, 15) is 0 Å². The summed E-state index contributed by atoms with van der Waals surface area (Å²) in [6.45, 7) is 5.48. The van der Waals surface area contributed by atoms with Gasteiger partial charge in [0.05, 0.1) is 6.20 Å². The van der Waals surface area contributed by atoms with E-state index in [4.69, 9.17) is 4.52 Å². The first kappa shape index (κ1) is 9.36. The molecule has 82 valence electrons. The number of nitrogens with one attached hydrogen (secondary N) is 1. The largest absolute Gasteiger partial charge is 0.361 e. The lowest BCUT2D eigenvalue weighted by atomic mass is 10.2. The zero-order valence-corrected chi connectivity index (χ0v) is 8.91. The van der Waals surface area contributed by atoms with Crippen LogP contribution in [0.3, 0.4) is 0 Å². The monoisotopic (exact) mass is 207 g/mol. The molecule has 1 aromatic heterocycles. The Kier molecular flexibility index (Phi) is 2.46. The molecule has 0 amide bonds. The molecular formula is C11H17N3O. The van der Waals surface area contributed by atoms with E-state index in [1.54, 1.807) is 0 Å². The van der Waals surface area contributed by atoms with Crippen molar-refractivity contribution in [3.8, 4) is 0 Å². The molecule has 0 bridgehead atoms. The van der Waals surface area contributed by atoms with Gasteiger partial charge in [0.15, 0.2) is 0 Å². The molecule has 4 nitrogen and oxygen atoms in total. The molecule has 4 heteroatoms. The van der Waals surface area contributed by atoms with Crippen molar-refractivity contribution in [3.63, 3.8) is 0 Å². The summed E-state index contributed by atoms with van der Waals surface area (Å²) in [6, 6.07) is 0. The van der Waals surface area contributed by atoms with Crippen LogP contribution in [-0.4, -0.2) is 36.2 Å². The second-order valence-corrected chi connectivity index (χ2v) is 4.52. The predicted molar refractivity (Wildman–Crippen MR) is 56.6 cm³/mol. The molecule has 0 radical (unpaired) electrons. The van der Waals surface area contributed by atoms with Crippen molar-refractivity contribution in [3.05, 3.63) is 17.5 Å². The van der Waals surface area contributed by atoms with Crippen LogP contribution in [0, 0.1) is 0 Å². The highest BCUT2D eigenvalue weighted by Gasteiger charge is 2.30. The zero-order chi connectivity index (χ0) is 10.1. The van der Waals surface area contributed by atoms with E-state index in [1.165, 1.54) is 18.4 Å². The summed E-state index contributed by atoms with van der Waals surface area (Å²) >= 11 is 0. The van der Waals surface area contributed by atoms with Crippen molar-refractivity contribution >= 4 is 0 Å². The first-order chi connectivity index (χ1) is 7.43. The Morgan fingerprint density at radius 3 is 2.93 bits per heavy atom. The van der Waals surface area contributed by atoms with E-state index in [0.717, 1.165) is 38.5 Å². The van der Waals surface area contributed by atoms with Crippen LogP contribution in [0.25, 0.3) is 0 Å². The Labute approximate surface area is 89.6 Å². The Morgan fingerprint density at radius 1 is 1.40 bits per heavy atom. The SMILES string of the molecule is c1noc(C2CC2)c1CN1CCNCC1. The summed E-state index contributed by atoms with van der Waals surface area (Å²) < 4.78 is 5.34. The average Bonchev–Trinajstić information content (AvgIpc) is 3.02. The molecule has 0 aromatic carbocycles. The van der Waals surface area contributed by atoms with Crippen LogP contribution in [0.5, 0.6) is 0 Å². The normalized spacial score (nSPS) is 23.2. The van der Waals surface area contributed by atoms with Crippen LogP contribution >= 0.6 is 0 Å². The zero-order valence-electron chi connectivity index (χ0n) is 8.91. The van der Waals surface area contributed by atoms with Gasteiger partial charge in [-0.2, -0.15) is 0 Å². The Morgan fingerprint density at radius 2 is 2.20 bits per heavy atom. The molecule has 1 saturated carbocycles. The number of hydrogen-bond acceptors (Lipinski definition) is 4. The standard InChI is InChI=1S/C11H17N3O/c1-2-9(1)11-10(7-13-15-11)8-14-5-3-12-4-6-14/h7,9,12H,1-6,8H2. The topological polar surface area (TPSA) is 41.3 Å².